The van der Waals surface area contributed by atoms with E-state index in [1.807, 2.05) is 0 Å². The van der Waals surface area contributed by atoms with E-state index in [2.05, 4.69) is 10.6 Å². The van der Waals surface area contributed by atoms with E-state index in [0.717, 1.165) is 44.9 Å². The van der Waals surface area contributed by atoms with Crippen molar-refractivity contribution in [3.8, 4) is 0 Å². The highest BCUT2D eigenvalue weighted by Gasteiger charge is 2.41. The minimum absolute atomic E-state index is 0.219. The Balaban J connectivity index is 1.52. The number of hydrogen-bond acceptors (Lipinski definition) is 3. The van der Waals surface area contributed by atoms with Gasteiger partial charge in [-0.25, -0.2) is 0 Å². The quantitative estimate of drug-likeness (QED) is 0.760. The summed E-state index contributed by atoms with van der Waals surface area (Å²) < 4.78 is 5.75. The van der Waals surface area contributed by atoms with Crippen molar-refractivity contribution < 1.29 is 9.53 Å². The van der Waals surface area contributed by atoms with Gasteiger partial charge >= 0.3 is 0 Å². The van der Waals surface area contributed by atoms with Crippen LogP contribution in [0.1, 0.15) is 32.1 Å². The van der Waals surface area contributed by atoms with Gasteiger partial charge in [-0.3, -0.25) is 4.79 Å². The van der Waals surface area contributed by atoms with Crippen molar-refractivity contribution in [1.82, 2.24) is 10.6 Å². The molecule has 4 nitrogen and oxygen atoms in total. The molecule has 2 aliphatic heterocycles. The third-order valence-corrected chi connectivity index (χ3v) is 4.26. The molecular formula is C13H22N2O2. The number of piperidine rings is 1. The van der Waals surface area contributed by atoms with Gasteiger partial charge in [0.25, 0.3) is 0 Å². The van der Waals surface area contributed by atoms with Gasteiger partial charge in [-0.1, -0.05) is 0 Å². The molecule has 1 amide bonds. The van der Waals surface area contributed by atoms with Crippen molar-refractivity contribution in [1.29, 1.82) is 0 Å². The standard InChI is InChI=1S/C13H22N2O2/c16-13(10-3-6-14-7-4-10)15-11-5-8-17-12(11)9-1-2-9/h9-12,14H,1-8H2,(H,15,16). The smallest absolute Gasteiger partial charge is 0.223 e. The molecule has 1 aliphatic carbocycles. The summed E-state index contributed by atoms with van der Waals surface area (Å²) in [6, 6.07) is 0.282. The molecule has 0 radical (unpaired) electrons. The van der Waals surface area contributed by atoms with Crippen molar-refractivity contribution in [2.45, 2.75) is 44.2 Å². The van der Waals surface area contributed by atoms with E-state index in [1.165, 1.54) is 12.8 Å². The summed E-state index contributed by atoms with van der Waals surface area (Å²) >= 11 is 0. The largest absolute Gasteiger partial charge is 0.376 e. The van der Waals surface area contributed by atoms with E-state index in [-0.39, 0.29) is 17.9 Å². The zero-order valence-corrected chi connectivity index (χ0v) is 10.3. The molecule has 3 aliphatic rings. The second-order valence-corrected chi connectivity index (χ2v) is 5.60. The molecule has 0 aromatic heterocycles. The number of carbonyl (C=O) groups is 1. The Morgan fingerprint density at radius 1 is 1.12 bits per heavy atom. The van der Waals surface area contributed by atoms with Crippen LogP contribution >= 0.6 is 0 Å². The summed E-state index contributed by atoms with van der Waals surface area (Å²) in [5.41, 5.74) is 0. The first kappa shape index (κ1) is 11.5. The van der Waals surface area contributed by atoms with Crippen LogP contribution in [0.25, 0.3) is 0 Å². The van der Waals surface area contributed by atoms with Crippen LogP contribution in [-0.2, 0) is 9.53 Å². The summed E-state index contributed by atoms with van der Waals surface area (Å²) in [4.78, 5) is 12.1. The highest BCUT2D eigenvalue weighted by molar-refractivity contribution is 5.79. The molecule has 3 rings (SSSR count). The van der Waals surface area contributed by atoms with Crippen molar-refractivity contribution >= 4 is 5.91 Å². The Morgan fingerprint density at radius 3 is 2.59 bits per heavy atom. The fourth-order valence-electron chi connectivity index (χ4n) is 3.04. The molecular weight excluding hydrogens is 216 g/mol. The van der Waals surface area contributed by atoms with Gasteiger partial charge in [0.15, 0.2) is 0 Å². The number of amides is 1. The number of hydrogen-bond donors (Lipinski definition) is 2. The molecule has 1 saturated carbocycles. The van der Waals surface area contributed by atoms with Crippen molar-refractivity contribution in [3.05, 3.63) is 0 Å². The Hall–Kier alpha value is -0.610. The maximum absolute atomic E-state index is 12.1. The lowest BCUT2D eigenvalue weighted by Crippen LogP contribution is -2.46. The molecule has 0 bridgehead atoms. The van der Waals surface area contributed by atoms with E-state index in [0.29, 0.717) is 6.10 Å². The predicted molar refractivity (Wildman–Crippen MR) is 64.6 cm³/mol. The Kier molecular flexibility index (Phi) is 3.34. The number of rotatable bonds is 3. The number of nitrogens with one attached hydrogen (secondary N) is 2. The van der Waals surface area contributed by atoms with Gasteiger partial charge < -0.3 is 15.4 Å². The molecule has 2 saturated heterocycles. The molecule has 2 heterocycles. The number of carbonyl (C=O) groups excluding carboxylic acids is 1. The fourth-order valence-corrected chi connectivity index (χ4v) is 3.04. The molecule has 96 valence electrons. The van der Waals surface area contributed by atoms with E-state index in [1.54, 1.807) is 0 Å². The third-order valence-electron chi connectivity index (χ3n) is 4.26. The average molecular weight is 238 g/mol. The second-order valence-electron chi connectivity index (χ2n) is 5.60. The van der Waals surface area contributed by atoms with Crippen LogP contribution in [0.15, 0.2) is 0 Å². The first-order chi connectivity index (χ1) is 8.34. The first-order valence-corrected chi connectivity index (χ1v) is 6.97. The zero-order valence-electron chi connectivity index (χ0n) is 10.3. The van der Waals surface area contributed by atoms with Crippen LogP contribution in [0.4, 0.5) is 0 Å². The Bertz CT molecular complexity index is 285. The summed E-state index contributed by atoms with van der Waals surface area (Å²) in [5.74, 6) is 1.19. The predicted octanol–water partition coefficient (Wildman–Crippen LogP) is 0.670. The first-order valence-electron chi connectivity index (χ1n) is 6.97. The molecule has 3 fully saturated rings. The fraction of sp³-hybridized carbons (Fsp3) is 0.923. The normalized spacial score (nSPS) is 34.8. The monoisotopic (exact) mass is 238 g/mol. The van der Waals surface area contributed by atoms with Crippen LogP contribution in [0, 0.1) is 11.8 Å². The van der Waals surface area contributed by atoms with Crippen LogP contribution in [0.5, 0.6) is 0 Å². The van der Waals surface area contributed by atoms with Gasteiger partial charge in [-0.15, -0.1) is 0 Å². The molecule has 2 atom stereocenters. The zero-order chi connectivity index (χ0) is 11.7. The molecule has 4 heteroatoms. The van der Waals surface area contributed by atoms with Gasteiger partial charge in [0.2, 0.25) is 5.91 Å². The average Bonchev–Trinajstić information content (AvgIpc) is 3.11. The molecule has 0 aromatic rings. The second kappa shape index (κ2) is 4.94. The summed E-state index contributed by atoms with van der Waals surface area (Å²) in [7, 11) is 0. The van der Waals surface area contributed by atoms with E-state index in [9.17, 15) is 4.79 Å². The van der Waals surface area contributed by atoms with Crippen LogP contribution < -0.4 is 10.6 Å². The summed E-state index contributed by atoms with van der Waals surface area (Å²) in [6.07, 6.45) is 5.83. The van der Waals surface area contributed by atoms with Gasteiger partial charge in [0.1, 0.15) is 0 Å². The topological polar surface area (TPSA) is 50.4 Å². The highest BCUT2D eigenvalue weighted by atomic mass is 16.5. The molecule has 2 unspecified atom stereocenters. The highest BCUT2D eigenvalue weighted by Crippen LogP contribution is 2.38. The van der Waals surface area contributed by atoms with Crippen LogP contribution in [0.2, 0.25) is 0 Å². The van der Waals surface area contributed by atoms with Crippen LogP contribution in [-0.4, -0.2) is 37.7 Å². The van der Waals surface area contributed by atoms with Gasteiger partial charge in [0, 0.05) is 12.5 Å². The van der Waals surface area contributed by atoms with Gasteiger partial charge in [0.05, 0.1) is 12.1 Å². The van der Waals surface area contributed by atoms with E-state index >= 15 is 0 Å². The number of ether oxygens (including phenoxy) is 1. The van der Waals surface area contributed by atoms with E-state index < -0.39 is 0 Å². The molecule has 17 heavy (non-hydrogen) atoms. The minimum atomic E-state index is 0.219. The van der Waals surface area contributed by atoms with Crippen molar-refractivity contribution in [2.75, 3.05) is 19.7 Å². The lowest BCUT2D eigenvalue weighted by atomic mass is 9.96. The lowest BCUT2D eigenvalue weighted by Gasteiger charge is -2.25. The maximum atomic E-state index is 12.1. The summed E-state index contributed by atoms with van der Waals surface area (Å²) in [6.45, 7) is 2.77. The van der Waals surface area contributed by atoms with Crippen LogP contribution in [0.3, 0.4) is 0 Å². The van der Waals surface area contributed by atoms with Crippen molar-refractivity contribution in [3.63, 3.8) is 0 Å². The lowest BCUT2D eigenvalue weighted by molar-refractivity contribution is -0.127. The Morgan fingerprint density at radius 2 is 1.88 bits per heavy atom. The summed E-state index contributed by atoms with van der Waals surface area (Å²) in [5, 5.41) is 6.52. The van der Waals surface area contributed by atoms with Gasteiger partial charge in [-0.05, 0) is 51.1 Å². The van der Waals surface area contributed by atoms with Gasteiger partial charge in [-0.2, -0.15) is 0 Å². The maximum Gasteiger partial charge on any atom is 0.223 e. The molecule has 0 aromatic carbocycles. The van der Waals surface area contributed by atoms with E-state index in [4.69, 9.17) is 4.74 Å². The van der Waals surface area contributed by atoms with Crippen molar-refractivity contribution in [2.24, 2.45) is 11.8 Å². The molecule has 0 spiro atoms. The minimum Gasteiger partial charge on any atom is -0.376 e. The SMILES string of the molecule is O=C(NC1CCOC1C1CC1)C1CCNCC1. The Labute approximate surface area is 102 Å². The molecule has 2 N–H and O–H groups in total. The third kappa shape index (κ3) is 2.63.